The number of hydrogen-bond acceptors (Lipinski definition) is 6. The molecule has 0 bridgehead atoms. The Morgan fingerprint density at radius 2 is 1.71 bits per heavy atom. The molecular weight excluding hydrogens is 486 g/mol. The molecule has 2 atom stereocenters. The second-order valence-corrected chi connectivity index (χ2v) is 10.2. The van der Waals surface area contributed by atoms with E-state index in [1.54, 1.807) is 84.2 Å². The predicted octanol–water partition coefficient (Wildman–Crippen LogP) is 5.32. The van der Waals surface area contributed by atoms with E-state index in [-0.39, 0.29) is 12.3 Å². The minimum Gasteiger partial charge on any atom is -0.507 e. The Kier molecular flexibility index (Phi) is 11.0. The van der Waals surface area contributed by atoms with Crippen molar-refractivity contribution in [3.63, 3.8) is 0 Å². The molecular formula is C29H41N3O6. The topological polar surface area (TPSA) is 117 Å². The number of carbonyl (C=O) groups is 3. The number of anilines is 1. The molecule has 0 saturated heterocycles. The summed E-state index contributed by atoms with van der Waals surface area (Å²) in [6.45, 7) is 10.8. The number of alkyl carbamates (subject to hydrolysis) is 1. The molecule has 0 radical (unpaired) electrons. The van der Waals surface area contributed by atoms with E-state index < -0.39 is 35.6 Å². The number of methoxy groups -OCH3 is 1. The van der Waals surface area contributed by atoms with Crippen molar-refractivity contribution in [2.24, 2.45) is 0 Å². The van der Waals surface area contributed by atoms with Gasteiger partial charge in [0.05, 0.1) is 7.11 Å². The summed E-state index contributed by atoms with van der Waals surface area (Å²) < 4.78 is 10.5. The number of rotatable bonds is 11. The summed E-state index contributed by atoms with van der Waals surface area (Å²) in [5.74, 6) is -0.397. The van der Waals surface area contributed by atoms with Crippen molar-refractivity contribution in [1.29, 1.82) is 0 Å². The summed E-state index contributed by atoms with van der Waals surface area (Å²) in [6.07, 6.45) is 1.65. The van der Waals surface area contributed by atoms with E-state index in [1.807, 2.05) is 6.92 Å². The molecule has 2 rings (SSSR count). The van der Waals surface area contributed by atoms with Gasteiger partial charge in [0, 0.05) is 17.8 Å². The molecule has 0 saturated carbocycles. The Hall–Kier alpha value is -3.75. The first kappa shape index (κ1) is 30.5. The van der Waals surface area contributed by atoms with Crippen LogP contribution in [0.3, 0.4) is 0 Å². The Morgan fingerprint density at radius 3 is 2.29 bits per heavy atom. The number of unbranched alkanes of at least 4 members (excludes halogenated alkanes) is 2. The number of ether oxygens (including phenoxy) is 2. The van der Waals surface area contributed by atoms with Crippen molar-refractivity contribution in [2.75, 3.05) is 19.0 Å². The van der Waals surface area contributed by atoms with Gasteiger partial charge < -0.3 is 30.1 Å². The number of benzene rings is 2. The second-order valence-electron chi connectivity index (χ2n) is 10.2. The van der Waals surface area contributed by atoms with Gasteiger partial charge in [0.2, 0.25) is 5.91 Å². The third kappa shape index (κ3) is 8.68. The van der Waals surface area contributed by atoms with Crippen LogP contribution in [0.5, 0.6) is 11.5 Å². The number of aromatic hydroxyl groups is 1. The SMILES string of the molecule is CCCCCN(C(=O)C(C)NC(=O)OC(C)(C)C)C(C(=O)Nc1ccc(OC)cc1)c1cccc(C)c1O. The van der Waals surface area contributed by atoms with Crippen molar-refractivity contribution in [3.8, 4) is 11.5 Å². The molecule has 0 aliphatic carbocycles. The lowest BCUT2D eigenvalue weighted by molar-refractivity contribution is -0.140. The maximum Gasteiger partial charge on any atom is 0.408 e. The van der Waals surface area contributed by atoms with Crippen LogP contribution in [0.1, 0.15) is 71.0 Å². The number of nitrogens with zero attached hydrogens (tertiary/aromatic N) is 1. The Bertz CT molecular complexity index is 1090. The molecule has 9 nitrogen and oxygen atoms in total. The van der Waals surface area contributed by atoms with Crippen LogP contribution in [0, 0.1) is 6.92 Å². The quantitative estimate of drug-likeness (QED) is 0.341. The molecule has 2 unspecified atom stereocenters. The van der Waals surface area contributed by atoms with Crippen LogP contribution in [0.2, 0.25) is 0 Å². The zero-order valence-corrected chi connectivity index (χ0v) is 23.5. The molecule has 0 spiro atoms. The van der Waals surface area contributed by atoms with Gasteiger partial charge in [0.25, 0.3) is 5.91 Å². The maximum absolute atomic E-state index is 13.8. The average Bonchev–Trinajstić information content (AvgIpc) is 2.84. The largest absolute Gasteiger partial charge is 0.507 e. The molecule has 0 aliphatic rings. The molecule has 0 fully saturated rings. The van der Waals surface area contributed by atoms with Crippen LogP contribution in [-0.2, 0) is 14.3 Å². The van der Waals surface area contributed by atoms with Crippen LogP contribution in [0.25, 0.3) is 0 Å². The third-order valence-corrected chi connectivity index (χ3v) is 5.87. The first-order valence-corrected chi connectivity index (χ1v) is 12.9. The average molecular weight is 528 g/mol. The predicted molar refractivity (Wildman–Crippen MR) is 147 cm³/mol. The smallest absolute Gasteiger partial charge is 0.408 e. The van der Waals surface area contributed by atoms with Crippen molar-refractivity contribution in [1.82, 2.24) is 10.2 Å². The summed E-state index contributed by atoms with van der Waals surface area (Å²) in [4.78, 5) is 41.4. The number of aryl methyl sites for hydroxylation is 1. The Labute approximate surface area is 225 Å². The van der Waals surface area contributed by atoms with Crippen molar-refractivity contribution < 1.29 is 29.0 Å². The van der Waals surface area contributed by atoms with Gasteiger partial charge >= 0.3 is 6.09 Å². The fourth-order valence-electron chi connectivity index (χ4n) is 3.93. The van der Waals surface area contributed by atoms with Crippen LogP contribution < -0.4 is 15.4 Å². The molecule has 0 aliphatic heterocycles. The molecule has 2 aromatic rings. The molecule has 208 valence electrons. The van der Waals surface area contributed by atoms with Gasteiger partial charge in [-0.3, -0.25) is 9.59 Å². The van der Waals surface area contributed by atoms with Crippen LogP contribution in [0.4, 0.5) is 10.5 Å². The Balaban J connectivity index is 2.47. The summed E-state index contributed by atoms with van der Waals surface area (Å²) in [7, 11) is 1.55. The highest BCUT2D eigenvalue weighted by Crippen LogP contribution is 2.33. The normalized spacial score (nSPS) is 12.7. The van der Waals surface area contributed by atoms with E-state index in [0.717, 1.165) is 12.8 Å². The van der Waals surface area contributed by atoms with Gasteiger partial charge in [0.15, 0.2) is 0 Å². The minimum atomic E-state index is -1.15. The fourth-order valence-corrected chi connectivity index (χ4v) is 3.93. The number of hydrogen-bond donors (Lipinski definition) is 3. The van der Waals surface area contributed by atoms with Crippen LogP contribution in [-0.4, -0.2) is 53.2 Å². The summed E-state index contributed by atoms with van der Waals surface area (Å²) in [6, 6.07) is 9.78. The summed E-state index contributed by atoms with van der Waals surface area (Å²) in [5, 5.41) is 16.4. The summed E-state index contributed by atoms with van der Waals surface area (Å²) in [5.41, 5.74) is 0.645. The first-order chi connectivity index (χ1) is 17.9. The molecule has 0 heterocycles. The summed E-state index contributed by atoms with van der Waals surface area (Å²) >= 11 is 0. The van der Waals surface area contributed by atoms with Crippen molar-refractivity contribution in [2.45, 2.75) is 78.5 Å². The van der Waals surface area contributed by atoms with Gasteiger partial charge in [-0.2, -0.15) is 0 Å². The fraction of sp³-hybridized carbons (Fsp3) is 0.483. The zero-order valence-electron chi connectivity index (χ0n) is 23.5. The monoisotopic (exact) mass is 527 g/mol. The lowest BCUT2D eigenvalue weighted by Crippen LogP contribution is -2.51. The Morgan fingerprint density at radius 1 is 1.05 bits per heavy atom. The van der Waals surface area contributed by atoms with E-state index in [2.05, 4.69) is 10.6 Å². The van der Waals surface area contributed by atoms with Crippen molar-refractivity contribution in [3.05, 3.63) is 53.6 Å². The highest BCUT2D eigenvalue weighted by atomic mass is 16.6. The number of phenols is 1. The molecule has 3 amide bonds. The number of para-hydroxylation sites is 1. The lowest BCUT2D eigenvalue weighted by Gasteiger charge is -2.34. The van der Waals surface area contributed by atoms with E-state index in [9.17, 15) is 19.5 Å². The molecule has 2 aromatic carbocycles. The van der Waals surface area contributed by atoms with Gasteiger partial charge in [-0.15, -0.1) is 0 Å². The van der Waals surface area contributed by atoms with E-state index in [0.29, 0.717) is 29.0 Å². The second kappa shape index (κ2) is 13.7. The number of amides is 3. The van der Waals surface area contributed by atoms with Crippen molar-refractivity contribution >= 4 is 23.6 Å². The van der Waals surface area contributed by atoms with E-state index >= 15 is 0 Å². The first-order valence-electron chi connectivity index (χ1n) is 12.9. The number of carbonyl (C=O) groups excluding carboxylic acids is 3. The van der Waals surface area contributed by atoms with Gasteiger partial charge in [-0.05, 0) is 70.9 Å². The standard InChI is InChI=1S/C29H41N3O6/c1-8-9-10-18-32(27(35)20(3)30-28(36)38-29(4,5)6)24(23-13-11-12-19(2)25(23)33)26(34)31-21-14-16-22(37-7)17-15-21/h11-17,20,24,33H,8-10,18H2,1-7H3,(H,30,36)(H,31,34). The molecule has 38 heavy (non-hydrogen) atoms. The third-order valence-electron chi connectivity index (χ3n) is 5.87. The molecule has 9 heteroatoms. The van der Waals surface area contributed by atoms with Gasteiger partial charge in [-0.25, -0.2) is 4.79 Å². The van der Waals surface area contributed by atoms with Crippen LogP contribution in [0.15, 0.2) is 42.5 Å². The molecule has 3 N–H and O–H groups in total. The number of phenolic OH excluding ortho intramolecular Hbond substituents is 1. The highest BCUT2D eigenvalue weighted by Gasteiger charge is 2.36. The van der Waals surface area contributed by atoms with Gasteiger partial charge in [-0.1, -0.05) is 38.0 Å². The highest BCUT2D eigenvalue weighted by molar-refractivity contribution is 5.99. The zero-order chi connectivity index (χ0) is 28.5. The van der Waals surface area contributed by atoms with E-state index in [1.165, 1.54) is 4.90 Å². The van der Waals surface area contributed by atoms with Crippen LogP contribution >= 0.6 is 0 Å². The van der Waals surface area contributed by atoms with Gasteiger partial charge in [0.1, 0.15) is 29.2 Å². The molecule has 0 aromatic heterocycles. The maximum atomic E-state index is 13.8. The number of nitrogens with one attached hydrogen (secondary N) is 2. The lowest BCUT2D eigenvalue weighted by atomic mass is 9.98. The van der Waals surface area contributed by atoms with E-state index in [4.69, 9.17) is 9.47 Å². The minimum absolute atomic E-state index is 0.0663.